The van der Waals surface area contributed by atoms with E-state index in [9.17, 15) is 36.7 Å². The van der Waals surface area contributed by atoms with Crippen molar-refractivity contribution in [2.24, 2.45) is 0 Å². The van der Waals surface area contributed by atoms with Gasteiger partial charge in [-0.15, -0.1) is 0 Å². The standard InChI is InChI=1S/C15H20B4F2O9S/c16-1-6-7(2-17)10(11(13(23)24)12(19)8(6)3-18)14(25)29-4-9(22)30-5-15(20,21)31(26,27)28/h1-5,16-19H2,(H,23,24)(H,26,27,28). The number of halogens is 2. The highest BCUT2D eigenvalue weighted by Crippen LogP contribution is 2.24. The van der Waals surface area contributed by atoms with E-state index in [1.54, 1.807) is 15.7 Å². The summed E-state index contributed by atoms with van der Waals surface area (Å²) in [6.07, 6.45) is 1.35. The Bertz CT molecular complexity index is 999. The minimum atomic E-state index is -5.80. The van der Waals surface area contributed by atoms with Gasteiger partial charge in [-0.05, 0) is 5.56 Å². The molecule has 0 amide bonds. The number of aromatic carboxylic acids is 1. The van der Waals surface area contributed by atoms with E-state index in [-0.39, 0.29) is 11.1 Å². The van der Waals surface area contributed by atoms with E-state index in [1.807, 2.05) is 15.7 Å². The molecule has 1 aromatic rings. The maximum absolute atomic E-state index is 13.1. The Labute approximate surface area is 181 Å². The Morgan fingerprint density at radius 1 is 0.935 bits per heavy atom. The van der Waals surface area contributed by atoms with Crippen molar-refractivity contribution in [3.05, 3.63) is 27.8 Å². The van der Waals surface area contributed by atoms with Crippen LogP contribution in [0.4, 0.5) is 8.78 Å². The number of hydrogen-bond acceptors (Lipinski definition) is 7. The van der Waals surface area contributed by atoms with Gasteiger partial charge in [-0.1, -0.05) is 35.6 Å². The van der Waals surface area contributed by atoms with Crippen LogP contribution in [0.5, 0.6) is 0 Å². The van der Waals surface area contributed by atoms with Crippen LogP contribution >= 0.6 is 0 Å². The second-order valence-electron chi connectivity index (χ2n) is 6.53. The van der Waals surface area contributed by atoms with Gasteiger partial charge in [0.15, 0.2) is 13.2 Å². The van der Waals surface area contributed by atoms with E-state index in [1.165, 1.54) is 0 Å². The van der Waals surface area contributed by atoms with Gasteiger partial charge in [0, 0.05) is 0 Å². The van der Waals surface area contributed by atoms with Gasteiger partial charge in [0.05, 0.1) is 11.1 Å². The van der Waals surface area contributed by atoms with E-state index in [0.29, 0.717) is 30.0 Å². The first-order valence-electron chi connectivity index (χ1n) is 9.31. The molecule has 0 radical (unpaired) electrons. The van der Waals surface area contributed by atoms with Crippen molar-refractivity contribution in [1.82, 2.24) is 0 Å². The molecular formula is C15H20B4F2O9S. The number of carbonyl (C=O) groups is 3. The number of alkyl halides is 2. The fourth-order valence-corrected chi connectivity index (χ4v) is 3.52. The first-order valence-corrected chi connectivity index (χ1v) is 10.7. The maximum atomic E-state index is 13.1. The highest BCUT2D eigenvalue weighted by Gasteiger charge is 2.45. The van der Waals surface area contributed by atoms with Crippen molar-refractivity contribution in [1.29, 1.82) is 0 Å². The van der Waals surface area contributed by atoms with Crippen LogP contribution in [0.1, 0.15) is 37.4 Å². The molecule has 0 heterocycles. The highest BCUT2D eigenvalue weighted by atomic mass is 32.2. The van der Waals surface area contributed by atoms with Gasteiger partial charge in [0.25, 0.3) is 0 Å². The van der Waals surface area contributed by atoms with Crippen LogP contribution in [0.3, 0.4) is 0 Å². The van der Waals surface area contributed by atoms with Crippen LogP contribution in [-0.4, -0.2) is 85.8 Å². The fourth-order valence-electron chi connectivity index (χ4n) is 3.31. The third-order valence-corrected chi connectivity index (χ3v) is 5.56. The molecule has 2 N–H and O–H groups in total. The van der Waals surface area contributed by atoms with E-state index in [2.05, 4.69) is 4.74 Å². The molecule has 0 aliphatic carbocycles. The number of carboxylic acid groups (broad SMARTS) is 1. The zero-order chi connectivity index (χ0) is 24.1. The summed E-state index contributed by atoms with van der Waals surface area (Å²) in [4.78, 5) is 36.1. The van der Waals surface area contributed by atoms with Gasteiger partial charge < -0.3 is 14.6 Å². The molecule has 0 aliphatic heterocycles. The van der Waals surface area contributed by atoms with Crippen LogP contribution in [0, 0.1) is 0 Å². The molecular weight excluding hydrogens is 437 g/mol. The maximum Gasteiger partial charge on any atom is 0.402 e. The molecule has 0 spiro atoms. The number of esters is 2. The molecule has 31 heavy (non-hydrogen) atoms. The van der Waals surface area contributed by atoms with Crippen molar-refractivity contribution in [3.8, 4) is 0 Å². The first-order chi connectivity index (χ1) is 14.2. The molecule has 166 valence electrons. The molecule has 0 aliphatic rings. The lowest BCUT2D eigenvalue weighted by molar-refractivity contribution is -0.153. The second kappa shape index (κ2) is 10.3. The van der Waals surface area contributed by atoms with Gasteiger partial charge in [-0.2, -0.15) is 17.2 Å². The molecule has 16 heteroatoms. The van der Waals surface area contributed by atoms with Gasteiger partial charge in [-0.25, -0.2) is 14.4 Å². The zero-order valence-corrected chi connectivity index (χ0v) is 18.3. The van der Waals surface area contributed by atoms with Gasteiger partial charge >= 0.3 is 33.3 Å². The van der Waals surface area contributed by atoms with Gasteiger partial charge in [0.1, 0.15) is 31.4 Å². The van der Waals surface area contributed by atoms with Gasteiger partial charge in [0.2, 0.25) is 0 Å². The minimum absolute atomic E-state index is 0.238. The van der Waals surface area contributed by atoms with Crippen molar-refractivity contribution in [2.45, 2.75) is 24.2 Å². The number of hydrogen-bond donors (Lipinski definition) is 2. The molecule has 0 unspecified atom stereocenters. The predicted octanol–water partition coefficient (Wildman–Crippen LogP) is -3.78. The topological polar surface area (TPSA) is 144 Å². The van der Waals surface area contributed by atoms with Crippen LogP contribution in [0.15, 0.2) is 0 Å². The zero-order valence-electron chi connectivity index (χ0n) is 17.5. The number of ether oxygens (including phenoxy) is 2. The van der Waals surface area contributed by atoms with E-state index < -0.39 is 46.5 Å². The van der Waals surface area contributed by atoms with E-state index in [4.69, 9.17) is 9.29 Å². The first kappa shape index (κ1) is 26.7. The summed E-state index contributed by atoms with van der Waals surface area (Å²) < 4.78 is 64.4. The summed E-state index contributed by atoms with van der Waals surface area (Å²) >= 11 is 0. The highest BCUT2D eigenvalue weighted by molar-refractivity contribution is 7.86. The molecule has 0 atom stereocenters. The molecule has 0 saturated heterocycles. The Morgan fingerprint density at radius 2 is 1.45 bits per heavy atom. The summed E-state index contributed by atoms with van der Waals surface area (Å²) in [5, 5.41) is 4.93. The summed E-state index contributed by atoms with van der Waals surface area (Å²) in [6.45, 7) is -3.15. The molecule has 1 rings (SSSR count). The second-order valence-corrected chi connectivity index (χ2v) is 8.07. The predicted molar refractivity (Wildman–Crippen MR) is 116 cm³/mol. The van der Waals surface area contributed by atoms with E-state index in [0.717, 1.165) is 11.1 Å². The van der Waals surface area contributed by atoms with Crippen molar-refractivity contribution >= 4 is 64.9 Å². The average molecular weight is 458 g/mol. The van der Waals surface area contributed by atoms with Crippen molar-refractivity contribution in [3.63, 3.8) is 0 Å². The smallest absolute Gasteiger partial charge is 0.402 e. The molecule has 0 bridgehead atoms. The summed E-state index contributed by atoms with van der Waals surface area (Å²) in [5.74, 6) is -4.04. The molecule has 0 saturated carbocycles. The van der Waals surface area contributed by atoms with E-state index >= 15 is 0 Å². The largest absolute Gasteiger partial charge is 0.478 e. The minimum Gasteiger partial charge on any atom is -0.478 e. The molecule has 0 fully saturated rings. The monoisotopic (exact) mass is 458 g/mol. The molecule has 1 aromatic carbocycles. The SMILES string of the molecule is BCc1c(B)c(C(=O)O)c(C(=O)OCC(=O)OCC(F)(F)S(=O)(=O)O)c(CB)c1CB. The molecule has 9 nitrogen and oxygen atoms in total. The van der Waals surface area contributed by atoms with Crippen LogP contribution in [-0.2, 0) is 43.3 Å². The normalized spacial score (nSPS) is 11.7. The lowest BCUT2D eigenvalue weighted by Crippen LogP contribution is -2.35. The fraction of sp³-hybridized carbons (Fsp3) is 0.400. The van der Waals surface area contributed by atoms with Crippen molar-refractivity contribution in [2.75, 3.05) is 13.2 Å². The Morgan fingerprint density at radius 3 is 1.87 bits per heavy atom. The Balaban J connectivity index is 3.20. The lowest BCUT2D eigenvalue weighted by Gasteiger charge is -2.22. The Hall–Kier alpha value is -2.34. The number of carboxylic acids is 1. The van der Waals surface area contributed by atoms with Crippen LogP contribution in [0.2, 0.25) is 0 Å². The summed E-state index contributed by atoms with van der Waals surface area (Å²) in [7, 11) is 1.17. The van der Waals surface area contributed by atoms with Crippen molar-refractivity contribution < 1.29 is 50.7 Å². The Kier molecular flexibility index (Phi) is 8.88. The lowest BCUT2D eigenvalue weighted by atomic mass is 9.70. The summed E-state index contributed by atoms with van der Waals surface area (Å²) in [5.41, 5.74) is 1.89. The quantitative estimate of drug-likeness (QED) is 0.205. The molecule has 0 aromatic heterocycles. The number of rotatable bonds is 10. The van der Waals surface area contributed by atoms with Gasteiger partial charge in [-0.3, -0.25) is 4.55 Å². The van der Waals surface area contributed by atoms with Crippen LogP contribution in [0.25, 0.3) is 0 Å². The third kappa shape index (κ3) is 5.88. The number of carbonyl (C=O) groups excluding carboxylic acids is 2. The average Bonchev–Trinajstić information content (AvgIpc) is 2.67. The number of benzene rings is 1. The third-order valence-electron chi connectivity index (χ3n) is 4.69. The summed E-state index contributed by atoms with van der Waals surface area (Å²) in [6, 6.07) is 0. The van der Waals surface area contributed by atoms with Crippen LogP contribution < -0.4 is 5.46 Å².